The summed E-state index contributed by atoms with van der Waals surface area (Å²) in [5.41, 5.74) is 2.98. The third-order valence-corrected chi connectivity index (χ3v) is 4.63. The second-order valence-corrected chi connectivity index (χ2v) is 6.54. The number of nitrogens with zero attached hydrogens (tertiary/aromatic N) is 2. The molecule has 4 aromatic rings. The number of carbonyl (C=O) groups is 1. The number of rotatable bonds is 3. The van der Waals surface area contributed by atoms with Crippen LogP contribution >= 0.6 is 0 Å². The van der Waals surface area contributed by atoms with Gasteiger partial charge in [0.15, 0.2) is 5.58 Å². The van der Waals surface area contributed by atoms with E-state index in [4.69, 9.17) is 4.42 Å². The first-order valence-electron chi connectivity index (χ1n) is 8.67. The predicted molar refractivity (Wildman–Crippen MR) is 104 cm³/mol. The molecule has 0 radical (unpaired) electrons. The molecule has 0 unspecified atom stereocenters. The number of halogens is 2. The summed E-state index contributed by atoms with van der Waals surface area (Å²) in [4.78, 5) is 28.2. The highest BCUT2D eigenvalue weighted by molar-refractivity contribution is 6.04. The van der Waals surface area contributed by atoms with Crippen LogP contribution in [0.15, 0.2) is 57.9 Å². The Balaban J connectivity index is 1.64. The maximum absolute atomic E-state index is 13.7. The number of pyridine rings is 1. The molecular formula is C21H15F2N3O3. The highest BCUT2D eigenvalue weighted by atomic mass is 19.1. The number of aryl methyl sites for hydroxylation is 2. The van der Waals surface area contributed by atoms with E-state index in [1.165, 1.54) is 16.8 Å². The zero-order valence-electron chi connectivity index (χ0n) is 15.5. The van der Waals surface area contributed by atoms with Gasteiger partial charge in [0.2, 0.25) is 0 Å². The van der Waals surface area contributed by atoms with Crippen molar-refractivity contribution in [1.82, 2.24) is 9.55 Å². The van der Waals surface area contributed by atoms with Crippen LogP contribution in [0.4, 0.5) is 14.5 Å². The number of aromatic nitrogens is 2. The number of carbonyl (C=O) groups excluding carboxylic acids is 1. The molecule has 29 heavy (non-hydrogen) atoms. The van der Waals surface area contributed by atoms with Crippen molar-refractivity contribution >= 4 is 22.7 Å². The van der Waals surface area contributed by atoms with Crippen molar-refractivity contribution in [3.05, 3.63) is 82.0 Å². The zero-order chi connectivity index (χ0) is 20.7. The molecule has 0 aliphatic heterocycles. The molecule has 0 aliphatic rings. The minimum atomic E-state index is -0.943. The van der Waals surface area contributed by atoms with E-state index in [-0.39, 0.29) is 5.69 Å². The molecular weight excluding hydrogens is 380 g/mol. The summed E-state index contributed by atoms with van der Waals surface area (Å²) in [5, 5.41) is 2.43. The van der Waals surface area contributed by atoms with Crippen LogP contribution in [0.1, 0.15) is 15.9 Å². The van der Waals surface area contributed by atoms with E-state index in [9.17, 15) is 18.4 Å². The normalized spacial score (nSPS) is 11.0. The molecule has 0 fully saturated rings. The summed E-state index contributed by atoms with van der Waals surface area (Å²) in [6, 6.07) is 10.0. The monoisotopic (exact) mass is 395 g/mol. The minimum Gasteiger partial charge on any atom is -0.408 e. The number of benzene rings is 2. The molecule has 0 bridgehead atoms. The first kappa shape index (κ1) is 18.5. The third-order valence-electron chi connectivity index (χ3n) is 4.63. The van der Waals surface area contributed by atoms with Gasteiger partial charge < -0.3 is 9.73 Å². The number of anilines is 1. The predicted octanol–water partition coefficient (Wildman–Crippen LogP) is 4.03. The molecule has 146 valence electrons. The summed E-state index contributed by atoms with van der Waals surface area (Å²) in [6.45, 7) is 1.86. The van der Waals surface area contributed by atoms with Crippen LogP contribution in [0.2, 0.25) is 0 Å². The Labute approximate surface area is 163 Å². The molecule has 0 aliphatic carbocycles. The molecule has 1 amide bonds. The van der Waals surface area contributed by atoms with Gasteiger partial charge in [0, 0.05) is 12.6 Å². The van der Waals surface area contributed by atoms with Gasteiger partial charge in [0.1, 0.15) is 17.2 Å². The maximum atomic E-state index is 13.7. The smallest absolute Gasteiger partial charge is 0.408 e. The Bertz CT molecular complexity index is 1290. The van der Waals surface area contributed by atoms with E-state index >= 15 is 0 Å². The number of oxazole rings is 1. The van der Waals surface area contributed by atoms with Gasteiger partial charge in [0.05, 0.1) is 23.1 Å². The molecule has 6 nitrogen and oxygen atoms in total. The van der Waals surface area contributed by atoms with E-state index in [0.29, 0.717) is 16.8 Å². The Morgan fingerprint density at radius 2 is 1.86 bits per heavy atom. The lowest BCUT2D eigenvalue weighted by Crippen LogP contribution is -2.15. The fourth-order valence-corrected chi connectivity index (χ4v) is 3.09. The van der Waals surface area contributed by atoms with Crippen LogP contribution in [0.3, 0.4) is 0 Å². The van der Waals surface area contributed by atoms with Crippen molar-refractivity contribution in [1.29, 1.82) is 0 Å². The molecule has 0 atom stereocenters. The van der Waals surface area contributed by atoms with Crippen molar-refractivity contribution in [3.8, 4) is 11.3 Å². The quantitative estimate of drug-likeness (QED) is 0.568. The minimum absolute atomic E-state index is 0.288. The Kier molecular flexibility index (Phi) is 4.46. The lowest BCUT2D eigenvalue weighted by Gasteiger charge is -2.09. The summed E-state index contributed by atoms with van der Waals surface area (Å²) < 4.78 is 34.1. The van der Waals surface area contributed by atoms with Crippen LogP contribution in [0.25, 0.3) is 22.4 Å². The molecule has 0 saturated heterocycles. The van der Waals surface area contributed by atoms with E-state index in [2.05, 4.69) is 10.3 Å². The molecule has 2 aromatic heterocycles. The third kappa shape index (κ3) is 3.29. The number of nitrogens with one attached hydrogen (secondary N) is 1. The van der Waals surface area contributed by atoms with Crippen molar-refractivity contribution in [3.63, 3.8) is 0 Å². The fraction of sp³-hybridized carbons (Fsp3) is 0.0952. The van der Waals surface area contributed by atoms with Gasteiger partial charge in [-0.2, -0.15) is 0 Å². The van der Waals surface area contributed by atoms with Gasteiger partial charge in [-0.15, -0.1) is 0 Å². The Morgan fingerprint density at radius 3 is 2.52 bits per heavy atom. The lowest BCUT2D eigenvalue weighted by molar-refractivity contribution is 0.101. The average Bonchev–Trinajstić information content (AvgIpc) is 2.95. The molecule has 1 N–H and O–H groups in total. The van der Waals surface area contributed by atoms with E-state index in [1.807, 2.05) is 6.92 Å². The highest BCUT2D eigenvalue weighted by Crippen LogP contribution is 2.27. The molecule has 0 spiro atoms. The highest BCUT2D eigenvalue weighted by Gasteiger charge is 2.17. The topological polar surface area (TPSA) is 77.1 Å². The molecule has 0 saturated carbocycles. The van der Waals surface area contributed by atoms with Gasteiger partial charge in [0.25, 0.3) is 5.91 Å². The lowest BCUT2D eigenvalue weighted by atomic mass is 10.0. The van der Waals surface area contributed by atoms with Gasteiger partial charge >= 0.3 is 5.76 Å². The average molecular weight is 395 g/mol. The number of fused-ring (bicyclic) bond motifs is 1. The molecule has 2 aromatic carbocycles. The first-order valence-corrected chi connectivity index (χ1v) is 8.67. The molecule has 4 rings (SSSR count). The number of hydrogen-bond acceptors (Lipinski definition) is 4. The van der Waals surface area contributed by atoms with Crippen molar-refractivity contribution < 1.29 is 18.0 Å². The van der Waals surface area contributed by atoms with Gasteiger partial charge in [-0.05, 0) is 48.9 Å². The van der Waals surface area contributed by atoms with E-state index in [0.717, 1.165) is 23.3 Å². The summed E-state index contributed by atoms with van der Waals surface area (Å²) >= 11 is 0. The van der Waals surface area contributed by atoms with Gasteiger partial charge in [-0.25, -0.2) is 13.6 Å². The van der Waals surface area contributed by atoms with Crippen molar-refractivity contribution in [2.75, 3.05) is 5.32 Å². The van der Waals surface area contributed by atoms with Crippen LogP contribution < -0.4 is 11.1 Å². The van der Waals surface area contributed by atoms with Crippen LogP contribution in [-0.2, 0) is 7.05 Å². The number of hydrogen-bond donors (Lipinski definition) is 1. The van der Waals surface area contributed by atoms with Crippen LogP contribution in [-0.4, -0.2) is 15.5 Å². The Morgan fingerprint density at radius 1 is 1.14 bits per heavy atom. The fourth-order valence-electron chi connectivity index (χ4n) is 3.09. The van der Waals surface area contributed by atoms with E-state index in [1.54, 1.807) is 31.3 Å². The van der Waals surface area contributed by atoms with Gasteiger partial charge in [-0.3, -0.25) is 14.3 Å². The molecule has 8 heteroatoms. The zero-order valence-corrected chi connectivity index (χ0v) is 15.5. The van der Waals surface area contributed by atoms with Crippen LogP contribution in [0, 0.1) is 18.6 Å². The molecule has 2 heterocycles. The second-order valence-electron chi connectivity index (χ2n) is 6.54. The Hall–Kier alpha value is -3.81. The summed E-state index contributed by atoms with van der Waals surface area (Å²) in [5.74, 6) is -3.24. The summed E-state index contributed by atoms with van der Waals surface area (Å²) in [7, 11) is 1.61. The SMILES string of the molecule is Cc1cc2oc(=O)n(C)c2cc1-c1ccc(NC(=O)c2c(F)cccc2F)cn1. The second kappa shape index (κ2) is 6.97. The maximum Gasteiger partial charge on any atom is 0.419 e. The van der Waals surface area contributed by atoms with Crippen molar-refractivity contribution in [2.45, 2.75) is 6.92 Å². The van der Waals surface area contributed by atoms with Crippen molar-refractivity contribution in [2.24, 2.45) is 7.05 Å². The standard InChI is InChI=1S/C21H15F2N3O3/c1-11-8-18-17(26(2)21(28)29-18)9-13(11)16-7-6-12(10-24-16)25-20(27)19-14(22)4-3-5-15(19)23/h3-10H,1-2H3,(H,25,27). The van der Waals surface area contributed by atoms with Crippen LogP contribution in [0.5, 0.6) is 0 Å². The summed E-state index contributed by atoms with van der Waals surface area (Å²) in [6.07, 6.45) is 1.39. The largest absolute Gasteiger partial charge is 0.419 e. The van der Waals surface area contributed by atoms with E-state index < -0.39 is 28.9 Å². The number of amides is 1. The first-order chi connectivity index (χ1) is 13.8. The van der Waals surface area contributed by atoms with Gasteiger partial charge in [-0.1, -0.05) is 6.07 Å².